The Bertz CT molecular complexity index is 578. The molecule has 2 rings (SSSR count). The first-order valence-corrected chi connectivity index (χ1v) is 6.33. The van der Waals surface area contributed by atoms with Gasteiger partial charge in [-0.2, -0.15) is 0 Å². The number of carbonyl (C=O) groups excluding carboxylic acids is 1. The van der Waals surface area contributed by atoms with Gasteiger partial charge in [0.15, 0.2) is 6.29 Å². The lowest BCUT2D eigenvalue weighted by Gasteiger charge is -2.05. The number of fused-ring (bicyclic) bond motifs is 1. The molecule has 1 aromatic carbocycles. The highest BCUT2D eigenvalue weighted by Gasteiger charge is 2.06. The predicted molar refractivity (Wildman–Crippen MR) is 72.8 cm³/mol. The van der Waals surface area contributed by atoms with Gasteiger partial charge in [0.2, 0.25) is 0 Å². The van der Waals surface area contributed by atoms with E-state index in [4.69, 9.17) is 0 Å². The van der Waals surface area contributed by atoms with E-state index in [1.165, 1.54) is 17.3 Å². The maximum atomic E-state index is 11.0. The fourth-order valence-corrected chi connectivity index (χ4v) is 2.33. The van der Waals surface area contributed by atoms with Gasteiger partial charge in [-0.3, -0.25) is 4.79 Å². The van der Waals surface area contributed by atoms with Gasteiger partial charge in [-0.05, 0) is 24.6 Å². The predicted octanol–water partition coefficient (Wildman–Crippen LogP) is 3.63. The van der Waals surface area contributed by atoms with Crippen LogP contribution in [0.3, 0.4) is 0 Å². The number of hydrogen-bond donors (Lipinski definition) is 0. The molecule has 0 atom stereocenters. The van der Waals surface area contributed by atoms with Crippen LogP contribution in [0, 0.1) is 6.92 Å². The molecule has 0 unspecified atom stereocenters. The van der Waals surface area contributed by atoms with E-state index >= 15 is 0 Å². The molecule has 0 saturated heterocycles. The Morgan fingerprint density at radius 3 is 2.94 bits per heavy atom. The van der Waals surface area contributed by atoms with Crippen LogP contribution in [0.15, 0.2) is 41.9 Å². The van der Waals surface area contributed by atoms with E-state index in [1.807, 2.05) is 31.2 Å². The summed E-state index contributed by atoms with van der Waals surface area (Å²) in [6.07, 6.45) is 2.67. The van der Waals surface area contributed by atoms with Crippen molar-refractivity contribution in [3.63, 3.8) is 0 Å². The second-order valence-electron chi connectivity index (χ2n) is 3.80. The second-order valence-corrected chi connectivity index (χ2v) is 4.81. The van der Waals surface area contributed by atoms with Crippen molar-refractivity contribution in [2.45, 2.75) is 11.9 Å². The molecule has 0 aliphatic rings. The van der Waals surface area contributed by atoms with E-state index in [0.29, 0.717) is 5.56 Å². The minimum atomic E-state index is 0.646. The van der Waals surface area contributed by atoms with Crippen LogP contribution in [-0.4, -0.2) is 17.0 Å². The topological polar surface area (TPSA) is 30.0 Å². The van der Waals surface area contributed by atoms with Gasteiger partial charge in [0.25, 0.3) is 0 Å². The van der Waals surface area contributed by atoms with Crippen LogP contribution in [0.5, 0.6) is 0 Å². The molecule has 0 radical (unpaired) electrons. The lowest BCUT2D eigenvalue weighted by molar-refractivity contribution is 0.112. The molecule has 2 aromatic rings. The SMILES string of the molecule is C=CCSc1nc2cc(C)ccc2cc1C=O. The molecule has 0 fully saturated rings. The summed E-state index contributed by atoms with van der Waals surface area (Å²) in [6.45, 7) is 5.70. The van der Waals surface area contributed by atoms with Gasteiger partial charge in [-0.15, -0.1) is 18.3 Å². The Balaban J connectivity index is 2.56. The largest absolute Gasteiger partial charge is 0.298 e. The Kier molecular flexibility index (Phi) is 3.59. The average molecular weight is 243 g/mol. The van der Waals surface area contributed by atoms with Crippen LogP contribution in [0.1, 0.15) is 15.9 Å². The van der Waals surface area contributed by atoms with Crippen molar-refractivity contribution in [2.75, 3.05) is 5.75 Å². The van der Waals surface area contributed by atoms with E-state index in [1.54, 1.807) is 6.08 Å². The minimum Gasteiger partial charge on any atom is -0.298 e. The molecule has 0 spiro atoms. The van der Waals surface area contributed by atoms with Gasteiger partial charge in [-0.25, -0.2) is 4.98 Å². The summed E-state index contributed by atoms with van der Waals surface area (Å²) in [5, 5.41) is 1.78. The minimum absolute atomic E-state index is 0.646. The molecule has 0 aliphatic heterocycles. The number of benzene rings is 1. The van der Waals surface area contributed by atoms with Gasteiger partial charge < -0.3 is 0 Å². The van der Waals surface area contributed by atoms with Crippen molar-refractivity contribution in [3.8, 4) is 0 Å². The summed E-state index contributed by atoms with van der Waals surface area (Å²) in [6, 6.07) is 7.93. The smallest absolute Gasteiger partial charge is 0.152 e. The zero-order valence-electron chi connectivity index (χ0n) is 9.64. The number of nitrogens with zero attached hydrogens (tertiary/aromatic N) is 1. The molecule has 2 nitrogen and oxygen atoms in total. The lowest BCUT2D eigenvalue weighted by atomic mass is 10.1. The van der Waals surface area contributed by atoms with Gasteiger partial charge in [0.1, 0.15) is 5.03 Å². The summed E-state index contributed by atoms with van der Waals surface area (Å²) < 4.78 is 0. The Hall–Kier alpha value is -1.61. The third-order valence-corrected chi connectivity index (χ3v) is 3.43. The van der Waals surface area contributed by atoms with Crippen LogP contribution in [-0.2, 0) is 0 Å². The third-order valence-electron chi connectivity index (χ3n) is 2.43. The molecule has 1 aromatic heterocycles. The summed E-state index contributed by atoms with van der Waals surface area (Å²) in [7, 11) is 0. The van der Waals surface area contributed by atoms with Crippen molar-refractivity contribution in [1.29, 1.82) is 0 Å². The van der Waals surface area contributed by atoms with E-state index < -0.39 is 0 Å². The standard InChI is InChI=1S/C14H13NOS/c1-3-6-17-14-12(9-16)8-11-5-4-10(2)7-13(11)15-14/h3-5,7-9H,1,6H2,2H3. The van der Waals surface area contributed by atoms with Gasteiger partial charge in [0.05, 0.1) is 5.52 Å². The third kappa shape index (κ3) is 2.56. The maximum absolute atomic E-state index is 11.0. The van der Waals surface area contributed by atoms with Crippen molar-refractivity contribution in [3.05, 3.63) is 48.0 Å². The number of pyridine rings is 1. The van der Waals surface area contributed by atoms with Crippen LogP contribution in [0.25, 0.3) is 10.9 Å². The van der Waals surface area contributed by atoms with Crippen molar-refractivity contribution >= 4 is 29.0 Å². The molecule has 0 amide bonds. The number of aryl methyl sites for hydroxylation is 1. The van der Waals surface area contributed by atoms with Crippen molar-refractivity contribution < 1.29 is 4.79 Å². The molecule has 0 aliphatic carbocycles. The monoisotopic (exact) mass is 243 g/mol. The summed E-state index contributed by atoms with van der Waals surface area (Å²) in [5.74, 6) is 0.755. The summed E-state index contributed by atoms with van der Waals surface area (Å²) in [4.78, 5) is 15.6. The van der Waals surface area contributed by atoms with E-state index in [0.717, 1.165) is 28.0 Å². The van der Waals surface area contributed by atoms with Crippen LogP contribution in [0.4, 0.5) is 0 Å². The molecule has 3 heteroatoms. The highest BCUT2D eigenvalue weighted by atomic mass is 32.2. The first kappa shape index (κ1) is 11.9. The zero-order chi connectivity index (χ0) is 12.3. The molecule has 0 saturated carbocycles. The second kappa shape index (κ2) is 5.15. The highest BCUT2D eigenvalue weighted by Crippen LogP contribution is 2.24. The van der Waals surface area contributed by atoms with Crippen molar-refractivity contribution in [1.82, 2.24) is 4.98 Å². The molecule has 0 N–H and O–H groups in total. The van der Waals surface area contributed by atoms with E-state index in [2.05, 4.69) is 11.6 Å². The highest BCUT2D eigenvalue weighted by molar-refractivity contribution is 7.99. The normalized spacial score (nSPS) is 10.4. The number of aromatic nitrogens is 1. The lowest BCUT2D eigenvalue weighted by Crippen LogP contribution is -1.92. The fraction of sp³-hybridized carbons (Fsp3) is 0.143. The molecule has 86 valence electrons. The van der Waals surface area contributed by atoms with E-state index in [-0.39, 0.29) is 0 Å². The average Bonchev–Trinajstić information content (AvgIpc) is 2.35. The van der Waals surface area contributed by atoms with E-state index in [9.17, 15) is 4.79 Å². The number of aldehydes is 1. The van der Waals surface area contributed by atoms with Gasteiger partial charge >= 0.3 is 0 Å². The molecular weight excluding hydrogens is 230 g/mol. The van der Waals surface area contributed by atoms with Crippen LogP contribution < -0.4 is 0 Å². The first-order valence-electron chi connectivity index (χ1n) is 5.35. The van der Waals surface area contributed by atoms with Gasteiger partial charge in [-0.1, -0.05) is 18.2 Å². The molecule has 1 heterocycles. The van der Waals surface area contributed by atoms with Crippen molar-refractivity contribution in [2.24, 2.45) is 0 Å². The van der Waals surface area contributed by atoms with Crippen LogP contribution >= 0.6 is 11.8 Å². The number of thioether (sulfide) groups is 1. The number of carbonyl (C=O) groups is 1. The Morgan fingerprint density at radius 1 is 1.41 bits per heavy atom. The number of hydrogen-bond acceptors (Lipinski definition) is 3. The Morgan fingerprint density at radius 2 is 2.24 bits per heavy atom. The maximum Gasteiger partial charge on any atom is 0.152 e. The Labute approximate surface area is 105 Å². The fourth-order valence-electron chi connectivity index (χ4n) is 1.61. The molecule has 0 bridgehead atoms. The quantitative estimate of drug-likeness (QED) is 0.466. The van der Waals surface area contributed by atoms with Gasteiger partial charge in [0, 0.05) is 16.7 Å². The summed E-state index contributed by atoms with van der Waals surface area (Å²) >= 11 is 1.53. The molecular formula is C14H13NOS. The van der Waals surface area contributed by atoms with Crippen LogP contribution in [0.2, 0.25) is 0 Å². The number of rotatable bonds is 4. The molecule has 17 heavy (non-hydrogen) atoms. The first-order chi connectivity index (χ1) is 8.24. The summed E-state index contributed by atoms with van der Waals surface area (Å²) in [5.41, 5.74) is 2.75. The zero-order valence-corrected chi connectivity index (χ0v) is 10.5.